The Bertz CT molecular complexity index is 1050. The van der Waals surface area contributed by atoms with E-state index in [9.17, 15) is 13.2 Å². The van der Waals surface area contributed by atoms with Gasteiger partial charge in [0.05, 0.1) is 5.92 Å². The number of piperidine rings is 1. The van der Waals surface area contributed by atoms with Crippen molar-refractivity contribution < 1.29 is 13.2 Å². The number of amides is 1. The molecule has 1 unspecified atom stereocenters. The fourth-order valence-corrected chi connectivity index (χ4v) is 5.43. The van der Waals surface area contributed by atoms with Crippen molar-refractivity contribution in [3.63, 3.8) is 0 Å². The van der Waals surface area contributed by atoms with Crippen LogP contribution >= 0.6 is 0 Å². The second-order valence-electron chi connectivity index (χ2n) is 7.85. The first-order valence-electron chi connectivity index (χ1n) is 10.6. The Morgan fingerprint density at radius 2 is 1.87 bits per heavy atom. The zero-order valence-electron chi connectivity index (χ0n) is 17.2. The molecule has 0 bridgehead atoms. The van der Waals surface area contributed by atoms with Crippen LogP contribution in [0.4, 0.5) is 5.69 Å². The van der Waals surface area contributed by atoms with Gasteiger partial charge < -0.3 is 9.80 Å². The van der Waals surface area contributed by atoms with Crippen LogP contribution < -0.4 is 4.90 Å². The van der Waals surface area contributed by atoms with Gasteiger partial charge in [-0.3, -0.25) is 4.79 Å². The smallest absolute Gasteiger partial charge is 0.285 e. The van der Waals surface area contributed by atoms with Gasteiger partial charge in [-0.2, -0.15) is 8.42 Å². The number of benzene rings is 2. The maximum Gasteiger partial charge on any atom is 0.285 e. The summed E-state index contributed by atoms with van der Waals surface area (Å²) in [6, 6.07) is 16.7. The number of nitrogens with zero attached hydrogens (tertiary/aromatic N) is 3. The third-order valence-electron chi connectivity index (χ3n) is 5.75. The summed E-state index contributed by atoms with van der Waals surface area (Å²) in [6.07, 6.45) is 3.58. The van der Waals surface area contributed by atoms with Crippen molar-refractivity contribution in [3.8, 4) is 0 Å². The number of fused-ring (bicyclic) bond motifs is 1. The van der Waals surface area contributed by atoms with Gasteiger partial charge in [-0.05, 0) is 43.5 Å². The summed E-state index contributed by atoms with van der Waals surface area (Å²) in [6.45, 7) is 3.99. The maximum atomic E-state index is 13.5. The number of hydrogen-bond donors (Lipinski definition) is 0. The van der Waals surface area contributed by atoms with Crippen LogP contribution in [0, 0.1) is 5.92 Å². The molecular weight excluding hydrogens is 398 g/mol. The van der Waals surface area contributed by atoms with Gasteiger partial charge in [-0.25, -0.2) is 0 Å². The van der Waals surface area contributed by atoms with Gasteiger partial charge in [0.2, 0.25) is 5.91 Å². The molecule has 0 radical (unpaired) electrons. The third-order valence-corrected chi connectivity index (χ3v) is 7.08. The summed E-state index contributed by atoms with van der Waals surface area (Å²) in [7, 11) is -3.66. The zero-order valence-corrected chi connectivity index (χ0v) is 18.0. The predicted octanol–water partition coefficient (Wildman–Crippen LogP) is 3.68. The monoisotopic (exact) mass is 425 g/mol. The van der Waals surface area contributed by atoms with E-state index in [4.69, 9.17) is 0 Å². The molecular formula is C23H27N3O3S. The van der Waals surface area contributed by atoms with Crippen molar-refractivity contribution in [2.24, 2.45) is 10.3 Å². The molecule has 0 spiro atoms. The largest absolute Gasteiger partial charge is 0.355 e. The molecule has 2 aliphatic rings. The summed E-state index contributed by atoms with van der Waals surface area (Å²) in [5.41, 5.74) is 1.55. The highest BCUT2D eigenvalue weighted by atomic mass is 32.2. The van der Waals surface area contributed by atoms with E-state index < -0.39 is 10.0 Å². The summed E-state index contributed by atoms with van der Waals surface area (Å²) >= 11 is 0. The van der Waals surface area contributed by atoms with Gasteiger partial charge >= 0.3 is 0 Å². The Hall–Kier alpha value is -2.67. The first-order chi connectivity index (χ1) is 14.5. The molecule has 1 saturated heterocycles. The van der Waals surface area contributed by atoms with Crippen LogP contribution in [0.5, 0.6) is 0 Å². The van der Waals surface area contributed by atoms with Crippen molar-refractivity contribution in [2.45, 2.75) is 37.5 Å². The molecule has 2 aromatic rings. The van der Waals surface area contributed by atoms with Crippen LogP contribution in [0.1, 0.15) is 38.2 Å². The number of likely N-dealkylation sites (tertiary alicyclic amines) is 1. The second kappa shape index (κ2) is 8.60. The highest BCUT2D eigenvalue weighted by Crippen LogP contribution is 2.30. The van der Waals surface area contributed by atoms with E-state index in [2.05, 4.69) is 11.3 Å². The molecule has 1 fully saturated rings. The van der Waals surface area contributed by atoms with Crippen LogP contribution in [-0.2, 0) is 14.8 Å². The molecule has 0 saturated carbocycles. The van der Waals surface area contributed by atoms with Crippen molar-refractivity contribution >= 4 is 27.5 Å². The Kier molecular flexibility index (Phi) is 5.90. The fourth-order valence-electron chi connectivity index (χ4n) is 4.20. The molecule has 0 N–H and O–H groups in total. The van der Waals surface area contributed by atoms with Crippen LogP contribution in [0.3, 0.4) is 0 Å². The number of amidine groups is 1. The lowest BCUT2D eigenvalue weighted by Crippen LogP contribution is -2.47. The number of hydrogen-bond acceptors (Lipinski definition) is 4. The highest BCUT2D eigenvalue weighted by Gasteiger charge is 2.36. The molecule has 0 aliphatic carbocycles. The molecule has 158 valence electrons. The number of unbranched alkanes of at least 4 members (excludes halogenated alkanes) is 1. The van der Waals surface area contributed by atoms with E-state index in [1.807, 2.05) is 46.2 Å². The van der Waals surface area contributed by atoms with E-state index in [1.165, 1.54) is 0 Å². The number of rotatable bonds is 5. The molecule has 0 aromatic heterocycles. The van der Waals surface area contributed by atoms with Crippen molar-refractivity contribution in [2.75, 3.05) is 24.5 Å². The van der Waals surface area contributed by atoms with E-state index >= 15 is 0 Å². The van der Waals surface area contributed by atoms with E-state index in [-0.39, 0.29) is 16.7 Å². The van der Waals surface area contributed by atoms with E-state index in [0.717, 1.165) is 31.4 Å². The van der Waals surface area contributed by atoms with Gasteiger partial charge in [-0.1, -0.05) is 43.7 Å². The molecule has 1 atom stereocenters. The normalized spacial score (nSPS) is 19.8. The molecule has 7 heteroatoms. The number of anilines is 1. The lowest BCUT2D eigenvalue weighted by Gasteiger charge is -2.36. The zero-order chi connectivity index (χ0) is 21.1. The van der Waals surface area contributed by atoms with E-state index in [0.29, 0.717) is 31.0 Å². The number of carbonyl (C=O) groups is 1. The van der Waals surface area contributed by atoms with Gasteiger partial charge in [0, 0.05) is 30.9 Å². The summed E-state index contributed by atoms with van der Waals surface area (Å²) in [4.78, 5) is 17.6. The minimum absolute atomic E-state index is 0.106. The number of sulfonamides is 1. The molecule has 2 aliphatic heterocycles. The average Bonchev–Trinajstić information content (AvgIpc) is 3.06. The van der Waals surface area contributed by atoms with Gasteiger partial charge in [0.1, 0.15) is 4.90 Å². The Labute approximate surface area is 178 Å². The molecule has 4 rings (SSSR count). The number of carbonyl (C=O) groups excluding carboxylic acids is 1. The predicted molar refractivity (Wildman–Crippen MR) is 118 cm³/mol. The Balaban J connectivity index is 1.57. The van der Waals surface area contributed by atoms with Gasteiger partial charge in [0.15, 0.2) is 5.84 Å². The highest BCUT2D eigenvalue weighted by molar-refractivity contribution is 7.90. The van der Waals surface area contributed by atoms with Crippen LogP contribution in [0.25, 0.3) is 0 Å². The standard InChI is InChI=1S/C23H27N3O3S/c1-2-3-16-26(19-11-5-4-6-12-19)23(27)18-10-9-15-25(17-18)22-20-13-7-8-14-21(20)30(28,29)24-22/h4-8,11-14,18H,2-3,9-10,15-17H2,1H3. The molecule has 6 nitrogen and oxygen atoms in total. The minimum Gasteiger partial charge on any atom is -0.355 e. The summed E-state index contributed by atoms with van der Waals surface area (Å²) < 4.78 is 28.9. The lowest BCUT2D eigenvalue weighted by molar-refractivity contribution is -0.123. The van der Waals surface area contributed by atoms with Crippen LogP contribution in [-0.4, -0.2) is 44.7 Å². The molecule has 30 heavy (non-hydrogen) atoms. The SMILES string of the molecule is CCCCN(C(=O)C1CCCN(C2=NS(=O)(=O)c3ccccc32)C1)c1ccccc1. The van der Waals surface area contributed by atoms with Gasteiger partial charge in [-0.15, -0.1) is 4.40 Å². The van der Waals surface area contributed by atoms with Crippen LogP contribution in [0.15, 0.2) is 63.9 Å². The quantitative estimate of drug-likeness (QED) is 0.733. The van der Waals surface area contributed by atoms with Crippen LogP contribution in [0.2, 0.25) is 0 Å². The summed E-state index contributed by atoms with van der Waals surface area (Å²) in [5, 5.41) is 0. The van der Waals surface area contributed by atoms with Crippen molar-refractivity contribution in [1.29, 1.82) is 0 Å². The first kappa shape index (κ1) is 20.6. The second-order valence-corrected chi connectivity index (χ2v) is 9.42. The first-order valence-corrected chi connectivity index (χ1v) is 12.0. The average molecular weight is 426 g/mol. The molecule has 2 aromatic carbocycles. The lowest BCUT2D eigenvalue weighted by atomic mass is 9.95. The molecule has 1 amide bonds. The Morgan fingerprint density at radius 3 is 2.63 bits per heavy atom. The van der Waals surface area contributed by atoms with Crippen molar-refractivity contribution in [3.05, 3.63) is 60.2 Å². The van der Waals surface area contributed by atoms with Gasteiger partial charge in [0.25, 0.3) is 10.0 Å². The third kappa shape index (κ3) is 3.99. The van der Waals surface area contributed by atoms with Crippen molar-refractivity contribution in [1.82, 2.24) is 4.90 Å². The Morgan fingerprint density at radius 1 is 1.13 bits per heavy atom. The topological polar surface area (TPSA) is 70.1 Å². The number of para-hydroxylation sites is 1. The minimum atomic E-state index is -3.66. The van der Waals surface area contributed by atoms with E-state index in [1.54, 1.807) is 18.2 Å². The molecule has 2 heterocycles. The summed E-state index contributed by atoms with van der Waals surface area (Å²) in [5.74, 6) is 0.394. The maximum absolute atomic E-state index is 13.5. The fraction of sp³-hybridized carbons (Fsp3) is 0.391.